The third kappa shape index (κ3) is 5.85. The molecule has 0 bridgehead atoms. The molecular weight excluding hydrogens is 372 g/mol. The maximum atomic E-state index is 12.5. The molecule has 0 spiro atoms. The molecule has 2 rings (SSSR count). The van der Waals surface area contributed by atoms with Crippen LogP contribution in [0.25, 0.3) is 0 Å². The standard InChI is InChI=1S/C22H26N2O5/c1-4-5-12-24-18-10-6-7-11-19(18)29-20(24)17(15-23)22(26)28-14-9-8-13-27-21(25)16(2)3/h6-7,10-11H,2,4-5,8-9,12-14H2,1,3H3/b20-17-. The molecule has 1 aromatic carbocycles. The van der Waals surface area contributed by atoms with E-state index < -0.39 is 11.9 Å². The Morgan fingerprint density at radius 1 is 1.14 bits per heavy atom. The highest BCUT2D eigenvalue weighted by molar-refractivity contribution is 5.94. The summed E-state index contributed by atoms with van der Waals surface area (Å²) in [6, 6.07) is 9.34. The van der Waals surface area contributed by atoms with E-state index in [1.165, 1.54) is 0 Å². The first-order valence-corrected chi connectivity index (χ1v) is 9.68. The Morgan fingerprint density at radius 2 is 1.79 bits per heavy atom. The molecule has 0 aliphatic carbocycles. The number of unbranched alkanes of at least 4 members (excludes halogenated alkanes) is 2. The zero-order valence-electron chi connectivity index (χ0n) is 16.9. The summed E-state index contributed by atoms with van der Waals surface area (Å²) in [5.74, 6) is -0.347. The summed E-state index contributed by atoms with van der Waals surface area (Å²) in [5.41, 5.74) is 1.01. The highest BCUT2D eigenvalue weighted by Crippen LogP contribution is 2.39. The van der Waals surface area contributed by atoms with Gasteiger partial charge in [0.1, 0.15) is 6.07 Å². The fourth-order valence-electron chi connectivity index (χ4n) is 2.67. The largest absolute Gasteiger partial charge is 0.462 e. The molecule has 0 saturated heterocycles. The molecule has 1 aliphatic rings. The van der Waals surface area contributed by atoms with Crippen LogP contribution in [-0.4, -0.2) is 31.7 Å². The normalized spacial score (nSPS) is 13.8. The van der Waals surface area contributed by atoms with Crippen LogP contribution < -0.4 is 9.64 Å². The number of benzene rings is 1. The van der Waals surface area contributed by atoms with Crippen molar-refractivity contribution in [2.45, 2.75) is 39.5 Å². The van der Waals surface area contributed by atoms with E-state index in [0.29, 0.717) is 30.7 Å². The molecule has 0 aromatic heterocycles. The first kappa shape index (κ1) is 22.0. The van der Waals surface area contributed by atoms with Gasteiger partial charge in [0.2, 0.25) is 5.88 Å². The average molecular weight is 398 g/mol. The van der Waals surface area contributed by atoms with Crippen molar-refractivity contribution in [2.75, 3.05) is 24.7 Å². The molecule has 29 heavy (non-hydrogen) atoms. The smallest absolute Gasteiger partial charge is 0.354 e. The molecule has 1 aromatic rings. The summed E-state index contributed by atoms with van der Waals surface area (Å²) < 4.78 is 16.0. The minimum absolute atomic E-state index is 0.115. The van der Waals surface area contributed by atoms with Crippen LogP contribution in [0, 0.1) is 11.3 Å². The van der Waals surface area contributed by atoms with Crippen molar-refractivity contribution in [1.82, 2.24) is 0 Å². The molecule has 0 amide bonds. The van der Waals surface area contributed by atoms with E-state index in [9.17, 15) is 14.9 Å². The minimum atomic E-state index is -0.726. The van der Waals surface area contributed by atoms with Crippen molar-refractivity contribution in [3.8, 4) is 11.8 Å². The maximum absolute atomic E-state index is 12.5. The van der Waals surface area contributed by atoms with Gasteiger partial charge >= 0.3 is 11.9 Å². The number of para-hydroxylation sites is 2. The van der Waals surface area contributed by atoms with Crippen LogP contribution >= 0.6 is 0 Å². The quantitative estimate of drug-likeness (QED) is 0.256. The van der Waals surface area contributed by atoms with E-state index in [-0.39, 0.29) is 24.7 Å². The highest BCUT2D eigenvalue weighted by Gasteiger charge is 2.32. The highest BCUT2D eigenvalue weighted by atomic mass is 16.5. The molecule has 0 unspecified atom stereocenters. The van der Waals surface area contributed by atoms with Crippen LogP contribution in [0.1, 0.15) is 39.5 Å². The zero-order chi connectivity index (χ0) is 21.2. The van der Waals surface area contributed by atoms with Gasteiger partial charge in [-0.15, -0.1) is 0 Å². The van der Waals surface area contributed by atoms with Gasteiger partial charge in [0.25, 0.3) is 0 Å². The predicted molar refractivity (Wildman–Crippen MR) is 108 cm³/mol. The second-order valence-electron chi connectivity index (χ2n) is 6.63. The van der Waals surface area contributed by atoms with Gasteiger partial charge in [-0.2, -0.15) is 5.26 Å². The van der Waals surface area contributed by atoms with Crippen molar-refractivity contribution in [3.63, 3.8) is 0 Å². The molecule has 0 fully saturated rings. The van der Waals surface area contributed by atoms with Crippen LogP contribution in [0.5, 0.6) is 5.75 Å². The minimum Gasteiger partial charge on any atom is -0.462 e. The summed E-state index contributed by atoms with van der Waals surface area (Å²) in [5, 5.41) is 9.55. The Balaban J connectivity index is 1.97. The second kappa shape index (κ2) is 10.9. The summed E-state index contributed by atoms with van der Waals surface area (Å²) >= 11 is 0. The summed E-state index contributed by atoms with van der Waals surface area (Å²) in [7, 11) is 0. The van der Waals surface area contributed by atoms with E-state index >= 15 is 0 Å². The molecule has 0 saturated carbocycles. The Bertz CT molecular complexity index is 838. The van der Waals surface area contributed by atoms with Gasteiger partial charge in [-0.3, -0.25) is 0 Å². The first-order valence-electron chi connectivity index (χ1n) is 9.68. The SMILES string of the molecule is C=C(C)C(=O)OCCCCOC(=O)/C(C#N)=C1\Oc2ccccc2N1CCCC. The van der Waals surface area contributed by atoms with Crippen LogP contribution in [0.2, 0.25) is 0 Å². The maximum Gasteiger partial charge on any atom is 0.354 e. The molecule has 0 N–H and O–H groups in total. The van der Waals surface area contributed by atoms with Gasteiger partial charge in [0.05, 0.1) is 18.9 Å². The Hall–Kier alpha value is -3.27. The lowest BCUT2D eigenvalue weighted by Crippen LogP contribution is -2.25. The fourth-order valence-corrected chi connectivity index (χ4v) is 2.67. The average Bonchev–Trinajstić information content (AvgIpc) is 3.07. The number of hydrogen-bond donors (Lipinski definition) is 0. The van der Waals surface area contributed by atoms with E-state index in [1.54, 1.807) is 13.0 Å². The van der Waals surface area contributed by atoms with Gasteiger partial charge in [0.15, 0.2) is 11.3 Å². The topological polar surface area (TPSA) is 88.9 Å². The summed E-state index contributed by atoms with van der Waals surface area (Å²) in [6.07, 6.45) is 2.89. The predicted octanol–water partition coefficient (Wildman–Crippen LogP) is 3.86. The molecule has 154 valence electrons. The third-order valence-corrected chi connectivity index (χ3v) is 4.23. The Labute approximate surface area is 171 Å². The Morgan fingerprint density at radius 3 is 2.41 bits per heavy atom. The molecule has 1 heterocycles. The lowest BCUT2D eigenvalue weighted by Gasteiger charge is -2.18. The van der Waals surface area contributed by atoms with Crippen molar-refractivity contribution >= 4 is 17.6 Å². The molecular formula is C22H26N2O5. The molecule has 0 radical (unpaired) electrons. The third-order valence-electron chi connectivity index (χ3n) is 4.23. The van der Waals surface area contributed by atoms with Gasteiger partial charge in [-0.05, 0) is 38.3 Å². The van der Waals surface area contributed by atoms with Crippen LogP contribution in [0.3, 0.4) is 0 Å². The lowest BCUT2D eigenvalue weighted by atomic mass is 10.2. The van der Waals surface area contributed by atoms with Gasteiger partial charge in [-0.1, -0.05) is 32.1 Å². The van der Waals surface area contributed by atoms with E-state index in [2.05, 4.69) is 13.5 Å². The van der Waals surface area contributed by atoms with E-state index in [4.69, 9.17) is 14.2 Å². The zero-order valence-corrected chi connectivity index (χ0v) is 16.9. The number of fused-ring (bicyclic) bond motifs is 1. The van der Waals surface area contributed by atoms with E-state index in [1.807, 2.05) is 29.2 Å². The van der Waals surface area contributed by atoms with Gasteiger partial charge < -0.3 is 19.1 Å². The Kier molecular flexibility index (Phi) is 8.28. The number of carbonyl (C=O) groups is 2. The number of ether oxygens (including phenoxy) is 3. The second-order valence-corrected chi connectivity index (χ2v) is 6.63. The number of rotatable bonds is 10. The fraction of sp³-hybridized carbons (Fsp3) is 0.409. The number of nitriles is 1. The molecule has 7 heteroatoms. The van der Waals surface area contributed by atoms with Gasteiger partial charge in [0, 0.05) is 12.1 Å². The molecule has 0 atom stereocenters. The van der Waals surface area contributed by atoms with Crippen molar-refractivity contribution in [2.24, 2.45) is 0 Å². The van der Waals surface area contributed by atoms with Crippen molar-refractivity contribution in [1.29, 1.82) is 5.26 Å². The van der Waals surface area contributed by atoms with Gasteiger partial charge in [-0.25, -0.2) is 9.59 Å². The number of anilines is 1. The van der Waals surface area contributed by atoms with Crippen molar-refractivity contribution < 1.29 is 23.8 Å². The monoisotopic (exact) mass is 398 g/mol. The van der Waals surface area contributed by atoms with Crippen LogP contribution in [0.15, 0.2) is 47.9 Å². The van der Waals surface area contributed by atoms with E-state index in [0.717, 1.165) is 18.5 Å². The van der Waals surface area contributed by atoms with Crippen molar-refractivity contribution in [3.05, 3.63) is 47.9 Å². The van der Waals surface area contributed by atoms with Crippen LogP contribution in [-0.2, 0) is 19.1 Å². The lowest BCUT2D eigenvalue weighted by molar-refractivity contribution is -0.141. The molecule has 7 nitrogen and oxygen atoms in total. The summed E-state index contributed by atoms with van der Waals surface area (Å²) in [6.45, 7) is 8.12. The summed E-state index contributed by atoms with van der Waals surface area (Å²) in [4.78, 5) is 25.6. The number of hydrogen-bond acceptors (Lipinski definition) is 7. The first-order chi connectivity index (χ1) is 14.0. The number of esters is 2. The molecule has 1 aliphatic heterocycles. The number of carbonyl (C=O) groups excluding carboxylic acids is 2. The van der Waals surface area contributed by atoms with Crippen LogP contribution in [0.4, 0.5) is 5.69 Å². The number of nitrogens with zero attached hydrogens (tertiary/aromatic N) is 2.